The zero-order valence-corrected chi connectivity index (χ0v) is 11.0. The third-order valence-electron chi connectivity index (χ3n) is 3.40. The van der Waals surface area contributed by atoms with Crippen LogP contribution in [0.5, 0.6) is 0 Å². The second-order valence-corrected chi connectivity index (χ2v) is 4.57. The van der Waals surface area contributed by atoms with Gasteiger partial charge in [0, 0.05) is 18.7 Å². The summed E-state index contributed by atoms with van der Waals surface area (Å²) in [5.74, 6) is 1.02. The molecule has 0 aliphatic heterocycles. The van der Waals surface area contributed by atoms with E-state index in [-0.39, 0.29) is 0 Å². The van der Waals surface area contributed by atoms with Crippen LogP contribution in [0.15, 0.2) is 48.5 Å². The Kier molecular flexibility index (Phi) is 3.05. The van der Waals surface area contributed by atoms with Gasteiger partial charge in [-0.25, -0.2) is 4.98 Å². The van der Waals surface area contributed by atoms with Gasteiger partial charge in [0.2, 0.25) is 0 Å². The fourth-order valence-electron chi connectivity index (χ4n) is 2.43. The minimum Gasteiger partial charge on any atom is -0.326 e. The summed E-state index contributed by atoms with van der Waals surface area (Å²) in [5, 5.41) is 0. The highest BCUT2D eigenvalue weighted by atomic mass is 15.1. The zero-order valence-electron chi connectivity index (χ0n) is 11.0. The van der Waals surface area contributed by atoms with Crippen molar-refractivity contribution in [2.24, 2.45) is 5.73 Å². The average Bonchev–Trinajstić information content (AvgIpc) is 2.85. The first-order chi connectivity index (χ1) is 9.33. The molecular formula is C16H17N3. The molecule has 2 aromatic carbocycles. The minimum absolute atomic E-state index is 0.551. The van der Waals surface area contributed by atoms with E-state index in [0.29, 0.717) is 6.54 Å². The van der Waals surface area contributed by atoms with Gasteiger partial charge in [0.25, 0.3) is 0 Å². The normalized spacial score (nSPS) is 11.1. The van der Waals surface area contributed by atoms with Gasteiger partial charge in [0.1, 0.15) is 5.82 Å². The predicted molar refractivity (Wildman–Crippen MR) is 78.7 cm³/mol. The molecular weight excluding hydrogens is 234 g/mol. The van der Waals surface area contributed by atoms with E-state index in [1.54, 1.807) is 0 Å². The molecule has 19 heavy (non-hydrogen) atoms. The second kappa shape index (κ2) is 4.86. The highest BCUT2D eigenvalue weighted by molar-refractivity contribution is 5.81. The first-order valence-electron chi connectivity index (χ1n) is 6.58. The number of nitrogens with zero attached hydrogens (tertiary/aromatic N) is 2. The van der Waals surface area contributed by atoms with Crippen molar-refractivity contribution in [1.82, 2.24) is 9.55 Å². The maximum atomic E-state index is 5.69. The standard InChI is InChI=1S/C16H17N3/c1-2-19-15-9-8-12(11-17)10-14(15)18-16(19)13-6-4-3-5-7-13/h3-10H,2,11,17H2,1H3. The first-order valence-corrected chi connectivity index (χ1v) is 6.58. The van der Waals surface area contributed by atoms with Gasteiger partial charge in [-0.1, -0.05) is 36.4 Å². The molecule has 3 heteroatoms. The molecule has 0 aliphatic carbocycles. The van der Waals surface area contributed by atoms with Crippen LogP contribution < -0.4 is 5.73 Å². The summed E-state index contributed by atoms with van der Waals surface area (Å²) in [7, 11) is 0. The molecule has 2 N–H and O–H groups in total. The number of aryl methyl sites for hydroxylation is 1. The van der Waals surface area contributed by atoms with Crippen LogP contribution in [-0.4, -0.2) is 9.55 Å². The number of imidazole rings is 1. The topological polar surface area (TPSA) is 43.8 Å². The van der Waals surface area contributed by atoms with Crippen LogP contribution in [0.3, 0.4) is 0 Å². The molecule has 0 radical (unpaired) electrons. The maximum Gasteiger partial charge on any atom is 0.141 e. The first kappa shape index (κ1) is 11.9. The van der Waals surface area contributed by atoms with E-state index >= 15 is 0 Å². The smallest absolute Gasteiger partial charge is 0.141 e. The van der Waals surface area contributed by atoms with Crippen LogP contribution in [-0.2, 0) is 13.1 Å². The zero-order chi connectivity index (χ0) is 13.2. The lowest BCUT2D eigenvalue weighted by Gasteiger charge is -2.05. The van der Waals surface area contributed by atoms with E-state index in [9.17, 15) is 0 Å². The molecule has 0 unspecified atom stereocenters. The van der Waals surface area contributed by atoms with Crippen molar-refractivity contribution in [3.05, 3.63) is 54.1 Å². The van der Waals surface area contributed by atoms with Crippen molar-refractivity contribution < 1.29 is 0 Å². The molecule has 3 aromatic rings. The minimum atomic E-state index is 0.551. The third kappa shape index (κ3) is 2.02. The molecule has 1 heterocycles. The Hall–Kier alpha value is -2.13. The van der Waals surface area contributed by atoms with Gasteiger partial charge in [-0.05, 0) is 24.6 Å². The summed E-state index contributed by atoms with van der Waals surface area (Å²) in [6.45, 7) is 3.60. The fourth-order valence-corrected chi connectivity index (χ4v) is 2.43. The van der Waals surface area contributed by atoms with Crippen LogP contribution >= 0.6 is 0 Å². The summed E-state index contributed by atoms with van der Waals surface area (Å²) < 4.78 is 2.24. The van der Waals surface area contributed by atoms with Gasteiger partial charge in [-0.3, -0.25) is 0 Å². The van der Waals surface area contributed by atoms with E-state index in [4.69, 9.17) is 10.7 Å². The number of benzene rings is 2. The van der Waals surface area contributed by atoms with E-state index < -0.39 is 0 Å². The second-order valence-electron chi connectivity index (χ2n) is 4.57. The molecule has 0 aliphatic rings. The average molecular weight is 251 g/mol. The Labute approximate surface area is 112 Å². The molecule has 0 fully saturated rings. The van der Waals surface area contributed by atoms with Crippen molar-refractivity contribution in [1.29, 1.82) is 0 Å². The Morgan fingerprint density at radius 2 is 1.89 bits per heavy atom. The Bertz CT molecular complexity index is 699. The number of rotatable bonds is 3. The molecule has 96 valence electrons. The lowest BCUT2D eigenvalue weighted by atomic mass is 10.2. The van der Waals surface area contributed by atoms with Gasteiger partial charge in [0.15, 0.2) is 0 Å². The van der Waals surface area contributed by atoms with Crippen molar-refractivity contribution in [3.8, 4) is 11.4 Å². The van der Waals surface area contributed by atoms with Crippen LogP contribution in [0.4, 0.5) is 0 Å². The number of hydrogen-bond acceptors (Lipinski definition) is 2. The van der Waals surface area contributed by atoms with Crippen LogP contribution in [0.25, 0.3) is 22.4 Å². The predicted octanol–water partition coefficient (Wildman–Crippen LogP) is 3.18. The molecule has 0 saturated heterocycles. The van der Waals surface area contributed by atoms with Gasteiger partial charge >= 0.3 is 0 Å². The fraction of sp³-hybridized carbons (Fsp3) is 0.188. The highest BCUT2D eigenvalue weighted by Gasteiger charge is 2.11. The lowest BCUT2D eigenvalue weighted by molar-refractivity contribution is 0.796. The molecule has 0 saturated carbocycles. The van der Waals surface area contributed by atoms with Gasteiger partial charge in [-0.2, -0.15) is 0 Å². The largest absolute Gasteiger partial charge is 0.326 e. The summed E-state index contributed by atoms with van der Waals surface area (Å²) in [6, 6.07) is 16.6. The van der Waals surface area contributed by atoms with E-state index in [1.165, 1.54) is 5.52 Å². The Morgan fingerprint density at radius 3 is 2.58 bits per heavy atom. The van der Waals surface area contributed by atoms with Crippen LogP contribution in [0.2, 0.25) is 0 Å². The molecule has 3 nitrogen and oxygen atoms in total. The Morgan fingerprint density at radius 1 is 1.11 bits per heavy atom. The third-order valence-corrected chi connectivity index (χ3v) is 3.40. The molecule has 0 amide bonds. The Balaban J connectivity index is 2.25. The quantitative estimate of drug-likeness (QED) is 0.777. The van der Waals surface area contributed by atoms with Crippen molar-refractivity contribution in [2.75, 3.05) is 0 Å². The van der Waals surface area contributed by atoms with Crippen molar-refractivity contribution >= 4 is 11.0 Å². The number of fused-ring (bicyclic) bond motifs is 1. The number of nitrogens with two attached hydrogens (primary N) is 1. The van der Waals surface area contributed by atoms with Gasteiger partial charge < -0.3 is 10.3 Å². The summed E-state index contributed by atoms with van der Waals surface area (Å²) in [5.41, 5.74) is 10.1. The van der Waals surface area contributed by atoms with E-state index in [1.807, 2.05) is 18.2 Å². The van der Waals surface area contributed by atoms with Crippen molar-refractivity contribution in [3.63, 3.8) is 0 Å². The van der Waals surface area contributed by atoms with Crippen molar-refractivity contribution in [2.45, 2.75) is 20.0 Å². The lowest BCUT2D eigenvalue weighted by Crippen LogP contribution is -1.98. The van der Waals surface area contributed by atoms with E-state index in [0.717, 1.165) is 29.0 Å². The van der Waals surface area contributed by atoms with Crippen LogP contribution in [0.1, 0.15) is 12.5 Å². The summed E-state index contributed by atoms with van der Waals surface area (Å²) in [6.07, 6.45) is 0. The molecule has 1 aromatic heterocycles. The SMILES string of the molecule is CCn1c(-c2ccccc2)nc2cc(CN)ccc21. The molecule has 0 bridgehead atoms. The monoisotopic (exact) mass is 251 g/mol. The van der Waals surface area contributed by atoms with Gasteiger partial charge in [-0.15, -0.1) is 0 Å². The van der Waals surface area contributed by atoms with Gasteiger partial charge in [0.05, 0.1) is 11.0 Å². The highest BCUT2D eigenvalue weighted by Crippen LogP contribution is 2.25. The summed E-state index contributed by atoms with van der Waals surface area (Å²) >= 11 is 0. The van der Waals surface area contributed by atoms with Crippen LogP contribution in [0, 0.1) is 0 Å². The number of aromatic nitrogens is 2. The molecule has 0 spiro atoms. The van der Waals surface area contributed by atoms with E-state index in [2.05, 4.69) is 41.8 Å². The maximum absolute atomic E-state index is 5.69. The number of hydrogen-bond donors (Lipinski definition) is 1. The molecule has 0 atom stereocenters. The molecule has 3 rings (SSSR count). The summed E-state index contributed by atoms with van der Waals surface area (Å²) in [4.78, 5) is 4.77.